The highest BCUT2D eigenvalue weighted by Crippen LogP contribution is 2.67. The second-order valence-electron chi connectivity index (χ2n) is 5.61. The molecule has 0 saturated heterocycles. The highest BCUT2D eigenvalue weighted by atomic mass is 35.5. The van der Waals surface area contributed by atoms with Crippen molar-refractivity contribution in [3.8, 4) is 0 Å². The maximum absolute atomic E-state index is 5.89. The average Bonchev–Trinajstić information content (AvgIpc) is 2.85. The molecule has 0 radical (unpaired) electrons. The summed E-state index contributed by atoms with van der Waals surface area (Å²) >= 11 is 5.89. The molecule has 3 unspecified atom stereocenters. The zero-order valence-corrected chi connectivity index (χ0v) is 10.4. The molecule has 0 aromatic heterocycles. The molecule has 0 amide bonds. The molecule has 1 aromatic carbocycles. The van der Waals surface area contributed by atoms with Crippen LogP contribution in [-0.4, -0.2) is 0 Å². The van der Waals surface area contributed by atoms with Gasteiger partial charge in [-0.15, -0.1) is 0 Å². The second kappa shape index (κ2) is 3.37. The summed E-state index contributed by atoms with van der Waals surface area (Å²) in [6.07, 6.45) is 3.86. The van der Waals surface area contributed by atoms with Gasteiger partial charge in [-0.2, -0.15) is 0 Å². The minimum Gasteiger partial charge on any atom is -0.0990 e. The van der Waals surface area contributed by atoms with E-state index in [1.807, 2.05) is 12.1 Å². The monoisotopic (exact) mass is 232 g/mol. The number of fused-ring (bicyclic) bond motifs is 1. The number of hydrogen-bond acceptors (Lipinski definition) is 0. The standard InChI is InChI=1S/C15H17Cl/c1-10-12(8-13-9-15(10,13)2)7-11-3-5-14(16)6-4-11/h3-6,12-13H,1,7-9H2,2H3. The van der Waals surface area contributed by atoms with Crippen LogP contribution in [0.3, 0.4) is 0 Å². The number of rotatable bonds is 2. The van der Waals surface area contributed by atoms with Crippen molar-refractivity contribution in [3.05, 3.63) is 47.0 Å². The molecule has 0 aliphatic heterocycles. The van der Waals surface area contributed by atoms with E-state index in [0.717, 1.165) is 17.4 Å². The molecule has 3 atom stereocenters. The van der Waals surface area contributed by atoms with Crippen LogP contribution in [-0.2, 0) is 6.42 Å². The molecule has 3 rings (SSSR count). The maximum atomic E-state index is 5.89. The van der Waals surface area contributed by atoms with Crippen LogP contribution in [0.2, 0.25) is 5.02 Å². The number of hydrogen-bond donors (Lipinski definition) is 0. The van der Waals surface area contributed by atoms with Crippen LogP contribution in [0, 0.1) is 17.3 Å². The summed E-state index contributed by atoms with van der Waals surface area (Å²) in [5.74, 6) is 1.63. The number of halogens is 1. The fourth-order valence-corrected chi connectivity index (χ4v) is 3.38. The summed E-state index contributed by atoms with van der Waals surface area (Å²) in [4.78, 5) is 0. The van der Waals surface area contributed by atoms with Crippen LogP contribution in [0.4, 0.5) is 0 Å². The lowest BCUT2D eigenvalue weighted by molar-refractivity contribution is 0.563. The van der Waals surface area contributed by atoms with Crippen molar-refractivity contribution < 1.29 is 0 Å². The zero-order chi connectivity index (χ0) is 11.3. The van der Waals surface area contributed by atoms with Crippen molar-refractivity contribution >= 4 is 11.6 Å². The Bertz CT molecular complexity index is 431. The van der Waals surface area contributed by atoms with Gasteiger partial charge >= 0.3 is 0 Å². The van der Waals surface area contributed by atoms with E-state index in [2.05, 4.69) is 25.6 Å². The molecular formula is C15H17Cl. The third kappa shape index (κ3) is 1.51. The normalized spacial score (nSPS) is 36.2. The fourth-order valence-electron chi connectivity index (χ4n) is 3.25. The predicted molar refractivity (Wildman–Crippen MR) is 68.6 cm³/mol. The summed E-state index contributed by atoms with van der Waals surface area (Å²) in [6.45, 7) is 6.69. The van der Waals surface area contributed by atoms with Crippen molar-refractivity contribution in [2.45, 2.75) is 26.2 Å². The highest BCUT2D eigenvalue weighted by Gasteiger charge is 2.58. The third-order valence-corrected chi connectivity index (χ3v) is 4.85. The van der Waals surface area contributed by atoms with E-state index in [4.69, 9.17) is 11.6 Å². The quantitative estimate of drug-likeness (QED) is 0.660. The largest absolute Gasteiger partial charge is 0.0990 e. The summed E-state index contributed by atoms with van der Waals surface area (Å²) in [5, 5.41) is 0.823. The molecule has 1 aromatic rings. The first-order valence-electron chi connectivity index (χ1n) is 6.03. The van der Waals surface area contributed by atoms with Crippen LogP contribution >= 0.6 is 11.6 Å². The van der Waals surface area contributed by atoms with Gasteiger partial charge in [0.2, 0.25) is 0 Å². The zero-order valence-electron chi connectivity index (χ0n) is 9.67. The van der Waals surface area contributed by atoms with Gasteiger partial charge in [0.05, 0.1) is 0 Å². The Morgan fingerprint density at radius 1 is 1.38 bits per heavy atom. The lowest BCUT2D eigenvalue weighted by atomic mass is 9.88. The topological polar surface area (TPSA) is 0 Å². The first kappa shape index (κ1) is 10.4. The van der Waals surface area contributed by atoms with Gasteiger partial charge < -0.3 is 0 Å². The summed E-state index contributed by atoms with van der Waals surface area (Å²) in [6, 6.07) is 8.25. The Kier molecular flexibility index (Phi) is 2.19. The number of allylic oxidation sites excluding steroid dienone is 1. The van der Waals surface area contributed by atoms with Crippen LogP contribution in [0.1, 0.15) is 25.3 Å². The lowest BCUT2D eigenvalue weighted by Crippen LogP contribution is -2.07. The van der Waals surface area contributed by atoms with Gasteiger partial charge in [-0.3, -0.25) is 0 Å². The van der Waals surface area contributed by atoms with E-state index < -0.39 is 0 Å². The Hall–Kier alpha value is -0.750. The van der Waals surface area contributed by atoms with E-state index in [1.165, 1.54) is 24.0 Å². The Morgan fingerprint density at radius 3 is 2.62 bits per heavy atom. The minimum atomic E-state index is 0.497. The summed E-state index contributed by atoms with van der Waals surface area (Å²) in [7, 11) is 0. The molecule has 2 aliphatic carbocycles. The van der Waals surface area contributed by atoms with Crippen LogP contribution < -0.4 is 0 Å². The Morgan fingerprint density at radius 2 is 2.06 bits per heavy atom. The maximum Gasteiger partial charge on any atom is 0.0406 e. The first-order chi connectivity index (χ1) is 7.59. The molecule has 0 N–H and O–H groups in total. The number of benzene rings is 1. The summed E-state index contributed by atoms with van der Waals surface area (Å²) in [5.41, 5.74) is 3.38. The van der Waals surface area contributed by atoms with Gasteiger partial charge in [-0.1, -0.05) is 42.8 Å². The van der Waals surface area contributed by atoms with E-state index in [1.54, 1.807) is 0 Å². The molecule has 0 heterocycles. The fraction of sp³-hybridized carbons (Fsp3) is 0.467. The van der Waals surface area contributed by atoms with Gasteiger partial charge in [0.1, 0.15) is 0 Å². The van der Waals surface area contributed by atoms with Gasteiger partial charge in [0.15, 0.2) is 0 Å². The molecule has 0 bridgehead atoms. The predicted octanol–water partition coefficient (Wildman–Crippen LogP) is 4.48. The van der Waals surface area contributed by atoms with E-state index in [-0.39, 0.29) is 0 Å². The molecule has 2 fully saturated rings. The Labute approximate surface area is 102 Å². The van der Waals surface area contributed by atoms with E-state index in [9.17, 15) is 0 Å². The lowest BCUT2D eigenvalue weighted by Gasteiger charge is -2.17. The van der Waals surface area contributed by atoms with Crippen LogP contribution in [0.15, 0.2) is 36.4 Å². The van der Waals surface area contributed by atoms with Gasteiger partial charge in [0.25, 0.3) is 0 Å². The molecule has 2 saturated carbocycles. The van der Waals surface area contributed by atoms with Crippen LogP contribution in [0.25, 0.3) is 0 Å². The van der Waals surface area contributed by atoms with Gasteiger partial charge in [-0.05, 0) is 54.2 Å². The van der Waals surface area contributed by atoms with Crippen molar-refractivity contribution in [1.82, 2.24) is 0 Å². The molecule has 1 heteroatoms. The molecule has 16 heavy (non-hydrogen) atoms. The van der Waals surface area contributed by atoms with Crippen molar-refractivity contribution in [1.29, 1.82) is 0 Å². The summed E-state index contributed by atoms with van der Waals surface area (Å²) < 4.78 is 0. The minimum absolute atomic E-state index is 0.497. The van der Waals surface area contributed by atoms with Gasteiger partial charge in [-0.25, -0.2) is 0 Å². The molecule has 84 valence electrons. The van der Waals surface area contributed by atoms with Crippen molar-refractivity contribution in [2.75, 3.05) is 0 Å². The smallest absolute Gasteiger partial charge is 0.0406 e. The second-order valence-corrected chi connectivity index (χ2v) is 6.04. The molecule has 0 spiro atoms. The van der Waals surface area contributed by atoms with Crippen molar-refractivity contribution in [3.63, 3.8) is 0 Å². The first-order valence-corrected chi connectivity index (χ1v) is 6.41. The third-order valence-electron chi connectivity index (χ3n) is 4.60. The SMILES string of the molecule is C=C1C(Cc2ccc(Cl)cc2)CC2CC12C. The molecule has 0 nitrogen and oxygen atoms in total. The van der Waals surface area contributed by atoms with Crippen LogP contribution in [0.5, 0.6) is 0 Å². The molecule has 2 aliphatic rings. The van der Waals surface area contributed by atoms with Crippen molar-refractivity contribution in [2.24, 2.45) is 17.3 Å². The van der Waals surface area contributed by atoms with E-state index in [0.29, 0.717) is 11.3 Å². The average molecular weight is 233 g/mol. The van der Waals surface area contributed by atoms with Gasteiger partial charge in [0, 0.05) is 5.02 Å². The van der Waals surface area contributed by atoms with E-state index >= 15 is 0 Å². The molecular weight excluding hydrogens is 216 g/mol. The highest BCUT2D eigenvalue weighted by molar-refractivity contribution is 6.30. The Balaban J connectivity index is 1.73.